The first-order valence-corrected chi connectivity index (χ1v) is 4.27. The summed E-state index contributed by atoms with van der Waals surface area (Å²) in [7, 11) is 2.74. The summed E-state index contributed by atoms with van der Waals surface area (Å²) < 4.78 is 14.3. The summed E-state index contributed by atoms with van der Waals surface area (Å²) in [5.74, 6) is 0.771. The van der Waals surface area contributed by atoms with E-state index in [9.17, 15) is 4.79 Å². The van der Waals surface area contributed by atoms with E-state index >= 15 is 0 Å². The topological polar surface area (TPSA) is 44.8 Å². The summed E-state index contributed by atoms with van der Waals surface area (Å²) in [6.45, 7) is 3.63. The van der Waals surface area contributed by atoms with Crippen LogP contribution >= 0.6 is 0 Å². The van der Waals surface area contributed by atoms with Gasteiger partial charge in [-0.2, -0.15) is 0 Å². The molecule has 80 valence electrons. The number of hydrogen-bond acceptors (Lipinski definition) is 4. The predicted molar refractivity (Wildman–Crippen MR) is 56.1 cm³/mol. The van der Waals surface area contributed by atoms with Crippen LogP contribution in [0.25, 0.3) is 6.08 Å². The zero-order chi connectivity index (χ0) is 11.3. The minimum Gasteiger partial charge on any atom is -0.493 e. The Morgan fingerprint density at radius 2 is 2.07 bits per heavy atom. The lowest BCUT2D eigenvalue weighted by atomic mass is 10.2. The molecule has 0 aliphatic carbocycles. The molecule has 0 aromatic heterocycles. The normalized spacial score (nSPS) is 9.20. The third-order valence-electron chi connectivity index (χ3n) is 1.78. The third kappa shape index (κ3) is 2.74. The molecule has 0 saturated carbocycles. The van der Waals surface area contributed by atoms with E-state index < -0.39 is 6.16 Å². The molecule has 0 N–H and O–H groups in total. The Hall–Kier alpha value is -1.97. The average Bonchev–Trinajstić information content (AvgIpc) is 2.29. The van der Waals surface area contributed by atoms with Crippen molar-refractivity contribution in [1.82, 2.24) is 0 Å². The van der Waals surface area contributed by atoms with Crippen LogP contribution in [0.1, 0.15) is 5.56 Å². The highest BCUT2D eigenvalue weighted by atomic mass is 16.7. The average molecular weight is 208 g/mol. The Bertz CT molecular complexity index is 371. The maximum atomic E-state index is 10.9. The van der Waals surface area contributed by atoms with Gasteiger partial charge in [-0.15, -0.1) is 0 Å². The smallest absolute Gasteiger partial charge is 0.493 e. The van der Waals surface area contributed by atoms with Gasteiger partial charge in [-0.05, 0) is 17.7 Å². The molecule has 0 saturated heterocycles. The summed E-state index contributed by atoms with van der Waals surface area (Å²) in [4.78, 5) is 10.9. The van der Waals surface area contributed by atoms with Gasteiger partial charge in [-0.3, -0.25) is 0 Å². The van der Waals surface area contributed by atoms with Crippen molar-refractivity contribution < 1.29 is 19.0 Å². The van der Waals surface area contributed by atoms with Crippen LogP contribution in [0.3, 0.4) is 0 Å². The molecule has 4 nitrogen and oxygen atoms in total. The molecule has 0 atom stereocenters. The molecule has 1 rings (SSSR count). The van der Waals surface area contributed by atoms with Crippen molar-refractivity contribution in [2.75, 3.05) is 14.2 Å². The highest BCUT2D eigenvalue weighted by molar-refractivity contribution is 5.66. The number of benzene rings is 1. The Labute approximate surface area is 88.1 Å². The van der Waals surface area contributed by atoms with Crippen molar-refractivity contribution in [1.29, 1.82) is 0 Å². The molecule has 15 heavy (non-hydrogen) atoms. The number of ether oxygens (including phenoxy) is 3. The van der Waals surface area contributed by atoms with E-state index in [0.29, 0.717) is 11.5 Å². The molecule has 1 aromatic carbocycles. The van der Waals surface area contributed by atoms with Gasteiger partial charge in [0.2, 0.25) is 0 Å². The molecule has 1 aromatic rings. The molecule has 0 aliphatic heterocycles. The van der Waals surface area contributed by atoms with Crippen LogP contribution in [0.5, 0.6) is 11.5 Å². The molecule has 0 heterocycles. The van der Waals surface area contributed by atoms with Crippen molar-refractivity contribution in [3.63, 3.8) is 0 Å². The molecular weight excluding hydrogens is 196 g/mol. The molecular formula is C11H12O4. The first kappa shape index (κ1) is 11.1. The van der Waals surface area contributed by atoms with E-state index in [-0.39, 0.29) is 0 Å². The Kier molecular flexibility index (Phi) is 3.74. The van der Waals surface area contributed by atoms with E-state index in [4.69, 9.17) is 9.47 Å². The van der Waals surface area contributed by atoms with Crippen LogP contribution in [0.4, 0.5) is 4.79 Å². The van der Waals surface area contributed by atoms with E-state index in [1.807, 2.05) is 0 Å². The van der Waals surface area contributed by atoms with Gasteiger partial charge >= 0.3 is 6.16 Å². The molecule has 0 unspecified atom stereocenters. The van der Waals surface area contributed by atoms with Gasteiger partial charge in [-0.25, -0.2) is 4.79 Å². The number of carbonyl (C=O) groups excluding carboxylic acids is 1. The lowest BCUT2D eigenvalue weighted by Crippen LogP contribution is -2.08. The summed E-state index contributed by atoms with van der Waals surface area (Å²) >= 11 is 0. The third-order valence-corrected chi connectivity index (χ3v) is 1.78. The van der Waals surface area contributed by atoms with Gasteiger partial charge in [0, 0.05) is 0 Å². The minimum absolute atomic E-state index is 0.315. The van der Waals surface area contributed by atoms with Crippen molar-refractivity contribution in [2.24, 2.45) is 0 Å². The van der Waals surface area contributed by atoms with Crippen molar-refractivity contribution in [2.45, 2.75) is 0 Å². The molecule has 0 spiro atoms. The second-order valence-electron chi connectivity index (χ2n) is 2.67. The summed E-state index contributed by atoms with van der Waals surface area (Å²) in [6, 6.07) is 5.09. The molecule has 0 fully saturated rings. The monoisotopic (exact) mass is 208 g/mol. The zero-order valence-electron chi connectivity index (χ0n) is 8.65. The molecule has 0 aliphatic rings. The SMILES string of the molecule is C=Cc1ccc(OC(=O)OC)c(OC)c1. The first-order valence-electron chi connectivity index (χ1n) is 4.27. The zero-order valence-corrected chi connectivity index (χ0v) is 8.65. The van der Waals surface area contributed by atoms with E-state index in [2.05, 4.69) is 11.3 Å². The lowest BCUT2D eigenvalue weighted by molar-refractivity contribution is 0.120. The maximum absolute atomic E-state index is 10.9. The van der Waals surface area contributed by atoms with Crippen molar-refractivity contribution in [3.8, 4) is 11.5 Å². The highest BCUT2D eigenvalue weighted by Crippen LogP contribution is 2.28. The summed E-state index contributed by atoms with van der Waals surface area (Å²) in [5, 5.41) is 0. The van der Waals surface area contributed by atoms with Gasteiger partial charge in [0.15, 0.2) is 11.5 Å². The van der Waals surface area contributed by atoms with Crippen LogP contribution < -0.4 is 9.47 Å². The van der Waals surface area contributed by atoms with Gasteiger partial charge in [0.1, 0.15) is 0 Å². The van der Waals surface area contributed by atoms with E-state index in [1.54, 1.807) is 24.3 Å². The fraction of sp³-hybridized carbons (Fsp3) is 0.182. The molecule has 0 radical (unpaired) electrons. The lowest BCUT2D eigenvalue weighted by Gasteiger charge is -2.08. The first-order chi connectivity index (χ1) is 7.21. The van der Waals surface area contributed by atoms with Crippen LogP contribution in [-0.4, -0.2) is 20.4 Å². The number of carbonyl (C=O) groups is 1. The maximum Gasteiger partial charge on any atom is 0.513 e. The molecule has 0 amide bonds. The molecule has 0 bridgehead atoms. The predicted octanol–water partition coefficient (Wildman–Crippen LogP) is 2.48. The Balaban J connectivity index is 2.97. The fourth-order valence-electron chi connectivity index (χ4n) is 1.03. The van der Waals surface area contributed by atoms with Crippen LogP contribution in [-0.2, 0) is 4.74 Å². The van der Waals surface area contributed by atoms with Crippen molar-refractivity contribution >= 4 is 12.2 Å². The van der Waals surface area contributed by atoms with Gasteiger partial charge in [0.05, 0.1) is 14.2 Å². The Morgan fingerprint density at radius 1 is 1.33 bits per heavy atom. The Morgan fingerprint density at radius 3 is 2.60 bits per heavy atom. The highest BCUT2D eigenvalue weighted by Gasteiger charge is 2.09. The van der Waals surface area contributed by atoms with Crippen molar-refractivity contribution in [3.05, 3.63) is 30.3 Å². The van der Waals surface area contributed by atoms with Crippen LogP contribution in [0.15, 0.2) is 24.8 Å². The number of hydrogen-bond donors (Lipinski definition) is 0. The summed E-state index contributed by atoms with van der Waals surface area (Å²) in [6.07, 6.45) is 0.893. The quantitative estimate of drug-likeness (QED) is 0.565. The minimum atomic E-state index is -0.778. The number of rotatable bonds is 3. The van der Waals surface area contributed by atoms with Gasteiger partial charge < -0.3 is 14.2 Å². The molecule has 4 heteroatoms. The second-order valence-corrected chi connectivity index (χ2v) is 2.67. The van der Waals surface area contributed by atoms with Crippen LogP contribution in [0, 0.1) is 0 Å². The largest absolute Gasteiger partial charge is 0.513 e. The summed E-state index contributed by atoms with van der Waals surface area (Å²) in [5.41, 5.74) is 0.879. The van der Waals surface area contributed by atoms with Crippen LogP contribution in [0.2, 0.25) is 0 Å². The van der Waals surface area contributed by atoms with E-state index in [0.717, 1.165) is 5.56 Å². The number of methoxy groups -OCH3 is 2. The fourth-order valence-corrected chi connectivity index (χ4v) is 1.03. The van der Waals surface area contributed by atoms with E-state index in [1.165, 1.54) is 14.2 Å². The standard InChI is InChI=1S/C11H12O4/c1-4-8-5-6-9(10(7-8)13-2)15-11(12)14-3/h4-7H,1H2,2-3H3. The van der Waals surface area contributed by atoms with Gasteiger partial charge in [-0.1, -0.05) is 18.7 Å². The second kappa shape index (κ2) is 5.05. The van der Waals surface area contributed by atoms with Gasteiger partial charge in [0.25, 0.3) is 0 Å².